The number of furan rings is 1. The van der Waals surface area contributed by atoms with Crippen LogP contribution in [0.3, 0.4) is 0 Å². The van der Waals surface area contributed by atoms with Crippen LogP contribution in [-0.2, 0) is 0 Å². The Morgan fingerprint density at radius 1 is 1.19 bits per heavy atom. The molecule has 1 heterocycles. The maximum atomic E-state index is 13.8. The molecule has 0 N–H and O–H groups in total. The zero-order valence-corrected chi connectivity index (χ0v) is 10.6. The van der Waals surface area contributed by atoms with E-state index in [2.05, 4.69) is 0 Å². The standard InChI is InChI=1S/C12H13FO.C2H6/c1-7(2)12-11(13)9-6-8(3)4-5-10(9)14-12;1-2/h4-7H,1-3H3;1-2H3. The third-order valence-corrected chi connectivity index (χ3v) is 2.33. The molecule has 0 radical (unpaired) electrons. The summed E-state index contributed by atoms with van der Waals surface area (Å²) in [6.45, 7) is 9.79. The molecule has 1 aromatic heterocycles. The monoisotopic (exact) mass is 222 g/mol. The van der Waals surface area contributed by atoms with Crippen LogP contribution < -0.4 is 0 Å². The van der Waals surface area contributed by atoms with Crippen molar-refractivity contribution >= 4 is 11.0 Å². The fourth-order valence-electron chi connectivity index (χ4n) is 1.57. The molecular formula is C14H19FO. The van der Waals surface area contributed by atoms with E-state index in [1.165, 1.54) is 0 Å². The summed E-state index contributed by atoms with van der Waals surface area (Å²) in [5, 5.41) is 0.591. The van der Waals surface area contributed by atoms with Gasteiger partial charge >= 0.3 is 0 Å². The van der Waals surface area contributed by atoms with Gasteiger partial charge in [0.1, 0.15) is 11.3 Å². The zero-order valence-electron chi connectivity index (χ0n) is 10.6. The molecule has 1 aromatic carbocycles. The highest BCUT2D eigenvalue weighted by molar-refractivity contribution is 5.79. The maximum absolute atomic E-state index is 13.8. The van der Waals surface area contributed by atoms with Crippen LogP contribution in [0.4, 0.5) is 4.39 Å². The SMILES string of the molecule is CC.Cc1ccc2oc(C(C)C)c(F)c2c1. The number of rotatable bonds is 1. The molecule has 0 unspecified atom stereocenters. The Morgan fingerprint density at radius 3 is 2.38 bits per heavy atom. The number of halogens is 1. The summed E-state index contributed by atoms with van der Waals surface area (Å²) in [6.07, 6.45) is 0. The van der Waals surface area contributed by atoms with Crippen molar-refractivity contribution in [1.29, 1.82) is 0 Å². The zero-order chi connectivity index (χ0) is 12.3. The normalized spacial score (nSPS) is 10.4. The van der Waals surface area contributed by atoms with Crippen LogP contribution in [0.5, 0.6) is 0 Å². The summed E-state index contributed by atoms with van der Waals surface area (Å²) >= 11 is 0. The van der Waals surface area contributed by atoms with Crippen LogP contribution in [0.2, 0.25) is 0 Å². The van der Waals surface area contributed by atoms with Gasteiger partial charge in [-0.15, -0.1) is 0 Å². The van der Waals surface area contributed by atoms with Gasteiger partial charge < -0.3 is 4.42 Å². The fraction of sp³-hybridized carbons (Fsp3) is 0.429. The first kappa shape index (κ1) is 12.8. The van der Waals surface area contributed by atoms with Gasteiger partial charge in [0.2, 0.25) is 0 Å². The Balaban J connectivity index is 0.000000606. The first-order chi connectivity index (χ1) is 7.59. The Labute approximate surface area is 96.3 Å². The first-order valence-corrected chi connectivity index (χ1v) is 5.78. The van der Waals surface area contributed by atoms with E-state index >= 15 is 0 Å². The smallest absolute Gasteiger partial charge is 0.172 e. The molecular weight excluding hydrogens is 203 g/mol. The molecule has 0 bridgehead atoms. The van der Waals surface area contributed by atoms with Gasteiger partial charge in [0.05, 0.1) is 5.39 Å². The number of hydrogen-bond donors (Lipinski definition) is 0. The lowest BCUT2D eigenvalue weighted by Gasteiger charge is -1.97. The van der Waals surface area contributed by atoms with E-state index in [-0.39, 0.29) is 11.7 Å². The second-order valence-corrected chi connectivity index (χ2v) is 3.93. The largest absolute Gasteiger partial charge is 0.458 e. The van der Waals surface area contributed by atoms with E-state index in [0.717, 1.165) is 5.56 Å². The molecule has 88 valence electrons. The van der Waals surface area contributed by atoms with Gasteiger partial charge in [-0.3, -0.25) is 0 Å². The van der Waals surface area contributed by atoms with E-state index < -0.39 is 0 Å². The molecule has 1 nitrogen and oxygen atoms in total. The quantitative estimate of drug-likeness (QED) is 0.659. The topological polar surface area (TPSA) is 13.1 Å². The summed E-state index contributed by atoms with van der Waals surface area (Å²) in [5.74, 6) is 0.326. The summed E-state index contributed by atoms with van der Waals surface area (Å²) < 4.78 is 19.2. The Hall–Kier alpha value is -1.31. The molecule has 0 saturated carbocycles. The summed E-state index contributed by atoms with van der Waals surface area (Å²) in [5.41, 5.74) is 1.68. The minimum Gasteiger partial charge on any atom is -0.458 e. The molecule has 2 rings (SSSR count). The molecule has 0 saturated heterocycles. The van der Waals surface area contributed by atoms with Crippen molar-refractivity contribution in [3.63, 3.8) is 0 Å². The Bertz CT molecular complexity index is 469. The molecule has 0 fully saturated rings. The van der Waals surface area contributed by atoms with Crippen LogP contribution >= 0.6 is 0 Å². The van der Waals surface area contributed by atoms with Gasteiger partial charge in [0.25, 0.3) is 0 Å². The van der Waals surface area contributed by atoms with Gasteiger partial charge in [-0.05, 0) is 19.1 Å². The second kappa shape index (κ2) is 5.15. The lowest BCUT2D eigenvalue weighted by Crippen LogP contribution is -1.86. The number of hydrogen-bond acceptors (Lipinski definition) is 1. The van der Waals surface area contributed by atoms with Crippen molar-refractivity contribution in [3.05, 3.63) is 35.3 Å². The lowest BCUT2D eigenvalue weighted by molar-refractivity contribution is 0.474. The Kier molecular flexibility index (Phi) is 4.11. The van der Waals surface area contributed by atoms with Crippen molar-refractivity contribution in [2.24, 2.45) is 0 Å². The fourth-order valence-corrected chi connectivity index (χ4v) is 1.57. The van der Waals surface area contributed by atoms with Crippen LogP contribution in [0.1, 0.15) is 44.9 Å². The third kappa shape index (κ3) is 2.26. The van der Waals surface area contributed by atoms with Crippen LogP contribution in [-0.4, -0.2) is 0 Å². The predicted octanol–water partition coefficient (Wildman–Crippen LogP) is 5.03. The van der Waals surface area contributed by atoms with Crippen LogP contribution in [0.25, 0.3) is 11.0 Å². The minimum absolute atomic E-state index is 0.0858. The Morgan fingerprint density at radius 2 is 1.81 bits per heavy atom. The van der Waals surface area contributed by atoms with E-state index in [1.54, 1.807) is 0 Å². The van der Waals surface area contributed by atoms with Gasteiger partial charge in [-0.2, -0.15) is 0 Å². The molecule has 0 spiro atoms. The van der Waals surface area contributed by atoms with Crippen molar-refractivity contribution in [1.82, 2.24) is 0 Å². The molecule has 0 amide bonds. The molecule has 16 heavy (non-hydrogen) atoms. The maximum Gasteiger partial charge on any atom is 0.172 e. The molecule has 0 aliphatic heterocycles. The van der Waals surface area contributed by atoms with E-state index in [4.69, 9.17) is 4.42 Å². The number of fused-ring (bicyclic) bond motifs is 1. The molecule has 2 aromatic rings. The molecule has 2 heteroatoms. The van der Waals surface area contributed by atoms with Gasteiger partial charge in [0.15, 0.2) is 5.82 Å². The third-order valence-electron chi connectivity index (χ3n) is 2.33. The van der Waals surface area contributed by atoms with Gasteiger partial charge in [-0.1, -0.05) is 39.3 Å². The molecule has 0 aliphatic carbocycles. The number of aryl methyl sites for hydroxylation is 1. The average Bonchev–Trinajstić information content (AvgIpc) is 2.59. The average molecular weight is 222 g/mol. The molecule has 0 atom stereocenters. The summed E-state index contributed by atoms with van der Waals surface area (Å²) in [4.78, 5) is 0. The van der Waals surface area contributed by atoms with Crippen molar-refractivity contribution < 1.29 is 8.81 Å². The highest BCUT2D eigenvalue weighted by atomic mass is 19.1. The summed E-state index contributed by atoms with van der Waals surface area (Å²) in [6, 6.07) is 5.56. The van der Waals surface area contributed by atoms with E-state index in [1.807, 2.05) is 52.8 Å². The first-order valence-electron chi connectivity index (χ1n) is 5.78. The van der Waals surface area contributed by atoms with Crippen molar-refractivity contribution in [2.75, 3.05) is 0 Å². The predicted molar refractivity (Wildman–Crippen MR) is 66.3 cm³/mol. The number of benzene rings is 1. The second-order valence-electron chi connectivity index (χ2n) is 3.93. The van der Waals surface area contributed by atoms with E-state index in [9.17, 15) is 4.39 Å². The van der Waals surface area contributed by atoms with Crippen molar-refractivity contribution in [3.8, 4) is 0 Å². The summed E-state index contributed by atoms with van der Waals surface area (Å²) in [7, 11) is 0. The minimum atomic E-state index is -0.210. The highest BCUT2D eigenvalue weighted by Crippen LogP contribution is 2.29. The van der Waals surface area contributed by atoms with Gasteiger partial charge in [0, 0.05) is 5.92 Å². The van der Waals surface area contributed by atoms with Crippen LogP contribution in [0, 0.1) is 12.7 Å². The van der Waals surface area contributed by atoms with Gasteiger partial charge in [-0.25, -0.2) is 4.39 Å². The van der Waals surface area contributed by atoms with E-state index in [0.29, 0.717) is 16.7 Å². The highest BCUT2D eigenvalue weighted by Gasteiger charge is 2.16. The van der Waals surface area contributed by atoms with Crippen molar-refractivity contribution in [2.45, 2.75) is 40.5 Å². The van der Waals surface area contributed by atoms with Crippen LogP contribution in [0.15, 0.2) is 22.6 Å². The lowest BCUT2D eigenvalue weighted by atomic mass is 10.1. The molecule has 0 aliphatic rings.